The van der Waals surface area contributed by atoms with Gasteiger partial charge < -0.3 is 14.6 Å². The van der Waals surface area contributed by atoms with Gasteiger partial charge in [0.05, 0.1) is 12.0 Å². The summed E-state index contributed by atoms with van der Waals surface area (Å²) in [7, 11) is 0. The van der Waals surface area contributed by atoms with E-state index in [2.05, 4.69) is 6.58 Å². The monoisotopic (exact) mass is 334 g/mol. The van der Waals surface area contributed by atoms with Gasteiger partial charge in [-0.3, -0.25) is 4.79 Å². The minimum atomic E-state index is -0.486. The third-order valence-corrected chi connectivity index (χ3v) is 6.01. The van der Waals surface area contributed by atoms with Crippen LogP contribution in [0.2, 0.25) is 0 Å². The number of hydrogen-bond donors (Lipinski definition) is 1. The van der Waals surface area contributed by atoms with Gasteiger partial charge in [0, 0.05) is 16.9 Å². The molecular formula is C19H26O5. The molecule has 0 radical (unpaired) electrons. The van der Waals surface area contributed by atoms with Gasteiger partial charge in [-0.25, -0.2) is 4.79 Å². The molecule has 1 N–H and O–H groups in total. The maximum atomic E-state index is 11.8. The molecule has 5 heteroatoms. The van der Waals surface area contributed by atoms with Gasteiger partial charge in [0.1, 0.15) is 12.7 Å². The molecule has 2 fully saturated rings. The largest absolute Gasteiger partial charge is 0.461 e. The smallest absolute Gasteiger partial charge is 0.334 e. The van der Waals surface area contributed by atoms with Crippen LogP contribution in [0.15, 0.2) is 23.8 Å². The van der Waals surface area contributed by atoms with Crippen LogP contribution < -0.4 is 0 Å². The number of carbonyl (C=O) groups is 2. The van der Waals surface area contributed by atoms with Gasteiger partial charge in [0.25, 0.3) is 0 Å². The van der Waals surface area contributed by atoms with E-state index in [9.17, 15) is 14.7 Å². The molecule has 0 bridgehead atoms. The standard InChI is InChI=1S/C19H26O5/c1-10(2)17(21)23-9-12-5-6-16(20)19(4)8-15-13(7-14(12)19)11(3)18(22)24-15/h5,10,13-16,20H,3,6-9H2,1-2,4H3/t13-,14+,15-,16-,19-/m1/s1. The van der Waals surface area contributed by atoms with E-state index in [1.54, 1.807) is 0 Å². The predicted octanol–water partition coefficient (Wildman–Crippen LogP) is 2.39. The van der Waals surface area contributed by atoms with Gasteiger partial charge >= 0.3 is 11.9 Å². The number of esters is 2. The predicted molar refractivity (Wildman–Crippen MR) is 87.8 cm³/mol. The van der Waals surface area contributed by atoms with Crippen molar-refractivity contribution in [1.29, 1.82) is 0 Å². The van der Waals surface area contributed by atoms with Crippen molar-refractivity contribution in [2.45, 2.75) is 52.2 Å². The van der Waals surface area contributed by atoms with Crippen LogP contribution in [0, 0.1) is 23.2 Å². The van der Waals surface area contributed by atoms with E-state index in [0.29, 0.717) is 24.8 Å². The Morgan fingerprint density at radius 2 is 2.25 bits per heavy atom. The highest BCUT2D eigenvalue weighted by molar-refractivity contribution is 5.90. The molecular weight excluding hydrogens is 308 g/mol. The third kappa shape index (κ3) is 2.69. The number of hydrogen-bond acceptors (Lipinski definition) is 5. The summed E-state index contributed by atoms with van der Waals surface area (Å²) in [6.45, 7) is 9.79. The molecule has 5 atom stereocenters. The van der Waals surface area contributed by atoms with Crippen LogP contribution in [0.25, 0.3) is 0 Å². The van der Waals surface area contributed by atoms with Crippen molar-refractivity contribution in [2.24, 2.45) is 23.2 Å². The SMILES string of the molecule is C=C1C(=O)O[C@@H]2C[C@@]3(C)[C@H](O)CC=C(COC(=O)C(C)C)[C@@H]3C[C@H]12. The van der Waals surface area contributed by atoms with E-state index < -0.39 is 6.10 Å². The number of fused-ring (bicyclic) bond motifs is 2. The Morgan fingerprint density at radius 3 is 2.92 bits per heavy atom. The van der Waals surface area contributed by atoms with Gasteiger partial charge in [0.15, 0.2) is 0 Å². The van der Waals surface area contributed by atoms with Crippen LogP contribution in [0.1, 0.15) is 40.0 Å². The summed E-state index contributed by atoms with van der Waals surface area (Å²) < 4.78 is 10.9. The van der Waals surface area contributed by atoms with E-state index in [4.69, 9.17) is 9.47 Å². The van der Waals surface area contributed by atoms with E-state index in [-0.39, 0.29) is 47.8 Å². The fraction of sp³-hybridized carbons (Fsp3) is 0.684. The Kier molecular flexibility index (Phi) is 4.32. The molecule has 132 valence electrons. The summed E-state index contributed by atoms with van der Waals surface area (Å²) in [5.41, 5.74) is 1.20. The zero-order valence-electron chi connectivity index (χ0n) is 14.6. The average Bonchev–Trinajstić information content (AvgIpc) is 2.79. The van der Waals surface area contributed by atoms with Crippen molar-refractivity contribution in [2.75, 3.05) is 6.61 Å². The lowest BCUT2D eigenvalue weighted by Crippen LogP contribution is -2.50. The molecule has 0 unspecified atom stereocenters. The number of rotatable bonds is 3. The molecule has 0 aromatic heterocycles. The maximum Gasteiger partial charge on any atom is 0.334 e. The molecule has 1 heterocycles. The highest BCUT2D eigenvalue weighted by Crippen LogP contribution is 2.55. The Bertz CT molecular complexity index is 605. The van der Waals surface area contributed by atoms with Gasteiger partial charge in [-0.05, 0) is 30.8 Å². The van der Waals surface area contributed by atoms with Crippen molar-refractivity contribution in [3.05, 3.63) is 23.8 Å². The fourth-order valence-corrected chi connectivity index (χ4v) is 4.35. The molecule has 0 amide bonds. The number of carbonyl (C=O) groups excluding carboxylic acids is 2. The summed E-state index contributed by atoms with van der Waals surface area (Å²) in [4.78, 5) is 23.6. The first-order valence-corrected chi connectivity index (χ1v) is 8.67. The third-order valence-electron chi connectivity index (χ3n) is 6.01. The Labute approximate surface area is 142 Å². The molecule has 5 nitrogen and oxygen atoms in total. The second kappa shape index (κ2) is 6.03. The van der Waals surface area contributed by atoms with Gasteiger partial charge in [-0.2, -0.15) is 0 Å². The summed E-state index contributed by atoms with van der Waals surface area (Å²) >= 11 is 0. The van der Waals surface area contributed by atoms with Crippen molar-refractivity contribution < 1.29 is 24.2 Å². The van der Waals surface area contributed by atoms with Crippen molar-refractivity contribution in [3.8, 4) is 0 Å². The molecule has 0 aromatic rings. The molecule has 1 aliphatic heterocycles. The first kappa shape index (κ1) is 17.2. The minimum Gasteiger partial charge on any atom is -0.461 e. The van der Waals surface area contributed by atoms with E-state index in [0.717, 1.165) is 5.57 Å². The minimum absolute atomic E-state index is 0.00919. The van der Waals surface area contributed by atoms with E-state index >= 15 is 0 Å². The number of aliphatic hydroxyl groups is 1. The Balaban J connectivity index is 1.81. The average molecular weight is 334 g/mol. The highest BCUT2D eigenvalue weighted by Gasteiger charge is 2.55. The van der Waals surface area contributed by atoms with Gasteiger partial charge in [0.2, 0.25) is 0 Å². The lowest BCUT2D eigenvalue weighted by molar-refractivity contribution is -0.149. The van der Waals surface area contributed by atoms with Crippen molar-refractivity contribution >= 4 is 11.9 Å². The van der Waals surface area contributed by atoms with Crippen LogP contribution in [0.3, 0.4) is 0 Å². The lowest BCUT2D eigenvalue weighted by Gasteiger charge is -2.51. The zero-order valence-corrected chi connectivity index (χ0v) is 14.6. The van der Waals surface area contributed by atoms with Crippen LogP contribution >= 0.6 is 0 Å². The molecule has 3 aliphatic rings. The Hall–Kier alpha value is -1.62. The lowest BCUT2D eigenvalue weighted by atomic mass is 9.55. The zero-order chi connectivity index (χ0) is 17.6. The summed E-state index contributed by atoms with van der Waals surface area (Å²) in [5.74, 6) is -0.652. The quantitative estimate of drug-likeness (QED) is 0.487. The number of ether oxygens (including phenoxy) is 2. The van der Waals surface area contributed by atoms with Crippen LogP contribution in [0.5, 0.6) is 0 Å². The summed E-state index contributed by atoms with van der Waals surface area (Å²) in [6, 6.07) is 0. The van der Waals surface area contributed by atoms with Gasteiger partial charge in [-0.1, -0.05) is 33.4 Å². The summed E-state index contributed by atoms with van der Waals surface area (Å²) in [5, 5.41) is 10.6. The topological polar surface area (TPSA) is 72.8 Å². The summed E-state index contributed by atoms with van der Waals surface area (Å²) in [6.07, 6.45) is 3.16. The normalized spacial score (nSPS) is 38.3. The number of aliphatic hydroxyl groups excluding tert-OH is 1. The molecule has 0 spiro atoms. The second-order valence-corrected chi connectivity index (χ2v) is 7.87. The fourth-order valence-electron chi connectivity index (χ4n) is 4.35. The maximum absolute atomic E-state index is 11.8. The van der Waals surface area contributed by atoms with Crippen LogP contribution in [-0.4, -0.2) is 35.9 Å². The highest BCUT2D eigenvalue weighted by atomic mass is 16.6. The van der Waals surface area contributed by atoms with Crippen LogP contribution in [0.4, 0.5) is 0 Å². The second-order valence-electron chi connectivity index (χ2n) is 7.87. The first-order chi connectivity index (χ1) is 11.2. The molecule has 2 aliphatic carbocycles. The van der Waals surface area contributed by atoms with E-state index in [1.165, 1.54) is 0 Å². The van der Waals surface area contributed by atoms with Crippen LogP contribution in [-0.2, 0) is 19.1 Å². The first-order valence-electron chi connectivity index (χ1n) is 8.67. The molecule has 3 rings (SSSR count). The molecule has 0 aromatic carbocycles. The van der Waals surface area contributed by atoms with Crippen molar-refractivity contribution in [3.63, 3.8) is 0 Å². The molecule has 1 saturated carbocycles. The van der Waals surface area contributed by atoms with Crippen molar-refractivity contribution in [1.82, 2.24) is 0 Å². The Morgan fingerprint density at radius 1 is 1.54 bits per heavy atom. The van der Waals surface area contributed by atoms with E-state index in [1.807, 2.05) is 26.8 Å². The molecule has 1 saturated heterocycles. The van der Waals surface area contributed by atoms with Gasteiger partial charge in [-0.15, -0.1) is 0 Å². The molecule has 24 heavy (non-hydrogen) atoms.